The van der Waals surface area contributed by atoms with E-state index in [0.29, 0.717) is 10.7 Å². The fourth-order valence-electron chi connectivity index (χ4n) is 2.13. The van der Waals surface area contributed by atoms with Crippen LogP contribution < -0.4 is 0 Å². The highest BCUT2D eigenvalue weighted by atomic mass is 35.5. The summed E-state index contributed by atoms with van der Waals surface area (Å²) >= 11 is 5.89. The summed E-state index contributed by atoms with van der Waals surface area (Å²) in [5.74, 6) is -0.0458. The maximum atomic E-state index is 12.5. The standard InChI is InChI=1S/C15H18ClN3O/c1-10-9-14(19(4)17-10)15(20)18(3)11(2)12-5-7-13(16)8-6-12/h5-9,11H,1-4H3. The van der Waals surface area contributed by atoms with Crippen LogP contribution >= 0.6 is 11.6 Å². The summed E-state index contributed by atoms with van der Waals surface area (Å²) in [5.41, 5.74) is 2.47. The maximum absolute atomic E-state index is 12.5. The Morgan fingerprint density at radius 3 is 2.45 bits per heavy atom. The Morgan fingerprint density at radius 2 is 1.95 bits per heavy atom. The SMILES string of the molecule is Cc1cc(C(=O)N(C)C(C)c2ccc(Cl)cc2)n(C)n1. The van der Waals surface area contributed by atoms with Crippen molar-refractivity contribution >= 4 is 17.5 Å². The van der Waals surface area contributed by atoms with Crippen LogP contribution in [0.3, 0.4) is 0 Å². The largest absolute Gasteiger partial charge is 0.334 e. The van der Waals surface area contributed by atoms with Crippen LogP contribution in [-0.4, -0.2) is 27.6 Å². The molecule has 5 heteroatoms. The molecule has 0 fully saturated rings. The highest BCUT2D eigenvalue weighted by molar-refractivity contribution is 6.30. The molecule has 2 rings (SSSR count). The number of halogens is 1. The minimum absolute atomic E-state index is 0.0324. The Bertz CT molecular complexity index is 619. The molecular weight excluding hydrogens is 274 g/mol. The highest BCUT2D eigenvalue weighted by Gasteiger charge is 2.21. The number of rotatable bonds is 3. The zero-order chi connectivity index (χ0) is 14.9. The second-order valence-corrected chi connectivity index (χ2v) is 5.37. The molecule has 106 valence electrons. The lowest BCUT2D eigenvalue weighted by Crippen LogP contribution is -2.31. The molecule has 4 nitrogen and oxygen atoms in total. The number of aryl methyl sites for hydroxylation is 2. The van der Waals surface area contributed by atoms with Crippen molar-refractivity contribution < 1.29 is 4.79 Å². The zero-order valence-corrected chi connectivity index (χ0v) is 12.8. The third-order valence-corrected chi connectivity index (χ3v) is 3.73. The molecule has 2 aromatic rings. The number of hydrogen-bond donors (Lipinski definition) is 0. The molecule has 1 atom stereocenters. The normalized spacial score (nSPS) is 12.2. The predicted octanol–water partition coefficient (Wildman–Crippen LogP) is 3.22. The molecule has 0 saturated heterocycles. The van der Waals surface area contributed by atoms with Crippen LogP contribution in [0.2, 0.25) is 5.02 Å². The van der Waals surface area contributed by atoms with Gasteiger partial charge in [-0.25, -0.2) is 0 Å². The van der Waals surface area contributed by atoms with Crippen LogP contribution in [0, 0.1) is 6.92 Å². The van der Waals surface area contributed by atoms with Crippen molar-refractivity contribution in [2.75, 3.05) is 7.05 Å². The monoisotopic (exact) mass is 291 g/mol. The molecule has 0 aliphatic carbocycles. The van der Waals surface area contributed by atoms with Crippen molar-refractivity contribution in [1.82, 2.24) is 14.7 Å². The fourth-order valence-corrected chi connectivity index (χ4v) is 2.26. The van der Waals surface area contributed by atoms with Gasteiger partial charge in [-0.2, -0.15) is 5.10 Å². The third-order valence-electron chi connectivity index (χ3n) is 3.47. The summed E-state index contributed by atoms with van der Waals surface area (Å²) in [6, 6.07) is 9.30. The molecule has 0 N–H and O–H groups in total. The smallest absolute Gasteiger partial charge is 0.272 e. The second-order valence-electron chi connectivity index (χ2n) is 4.94. The van der Waals surface area contributed by atoms with Gasteiger partial charge in [0.15, 0.2) is 0 Å². The van der Waals surface area contributed by atoms with Gasteiger partial charge in [-0.05, 0) is 37.6 Å². The van der Waals surface area contributed by atoms with Gasteiger partial charge in [-0.3, -0.25) is 9.48 Å². The zero-order valence-electron chi connectivity index (χ0n) is 12.1. The predicted molar refractivity (Wildman–Crippen MR) is 79.9 cm³/mol. The molecule has 1 unspecified atom stereocenters. The highest BCUT2D eigenvalue weighted by Crippen LogP contribution is 2.22. The van der Waals surface area contributed by atoms with Crippen molar-refractivity contribution in [3.63, 3.8) is 0 Å². The van der Waals surface area contributed by atoms with E-state index in [1.54, 1.807) is 29.7 Å². The second kappa shape index (κ2) is 5.67. The summed E-state index contributed by atoms with van der Waals surface area (Å²) in [5, 5.41) is 4.90. The molecule has 1 amide bonds. The van der Waals surface area contributed by atoms with E-state index in [1.807, 2.05) is 38.1 Å². The Morgan fingerprint density at radius 1 is 1.35 bits per heavy atom. The van der Waals surface area contributed by atoms with E-state index in [9.17, 15) is 4.79 Å². The van der Waals surface area contributed by atoms with Crippen molar-refractivity contribution in [2.24, 2.45) is 7.05 Å². The summed E-state index contributed by atoms with van der Waals surface area (Å²) in [7, 11) is 3.57. The topological polar surface area (TPSA) is 38.1 Å². The first-order valence-corrected chi connectivity index (χ1v) is 6.81. The number of benzene rings is 1. The molecule has 0 aliphatic rings. The van der Waals surface area contributed by atoms with Gasteiger partial charge in [0.1, 0.15) is 5.69 Å². The quantitative estimate of drug-likeness (QED) is 0.871. The van der Waals surface area contributed by atoms with Crippen LogP contribution in [0.1, 0.15) is 34.7 Å². The molecular formula is C15H18ClN3O. The van der Waals surface area contributed by atoms with Crippen LogP contribution in [0.15, 0.2) is 30.3 Å². The van der Waals surface area contributed by atoms with E-state index in [4.69, 9.17) is 11.6 Å². The number of nitrogens with zero attached hydrogens (tertiary/aromatic N) is 3. The van der Waals surface area contributed by atoms with Crippen molar-refractivity contribution in [3.05, 3.63) is 52.3 Å². The summed E-state index contributed by atoms with van der Waals surface area (Å²) in [6.07, 6.45) is 0. The van der Waals surface area contributed by atoms with Gasteiger partial charge >= 0.3 is 0 Å². The van der Waals surface area contributed by atoms with Crippen molar-refractivity contribution in [3.8, 4) is 0 Å². The Kier molecular flexibility index (Phi) is 4.14. The molecule has 0 aliphatic heterocycles. The Labute approximate surface area is 124 Å². The summed E-state index contributed by atoms with van der Waals surface area (Å²) in [4.78, 5) is 14.2. The number of hydrogen-bond acceptors (Lipinski definition) is 2. The molecule has 20 heavy (non-hydrogen) atoms. The average molecular weight is 292 g/mol. The number of aromatic nitrogens is 2. The Balaban J connectivity index is 2.22. The number of amides is 1. The first-order valence-electron chi connectivity index (χ1n) is 6.43. The molecule has 1 aromatic heterocycles. The van der Waals surface area contributed by atoms with Gasteiger partial charge in [0.2, 0.25) is 0 Å². The maximum Gasteiger partial charge on any atom is 0.272 e. The van der Waals surface area contributed by atoms with E-state index in [0.717, 1.165) is 11.3 Å². The average Bonchev–Trinajstić information content (AvgIpc) is 2.76. The third kappa shape index (κ3) is 2.85. The van der Waals surface area contributed by atoms with Crippen LogP contribution in [0.25, 0.3) is 0 Å². The molecule has 1 aromatic carbocycles. The molecule has 1 heterocycles. The van der Waals surface area contributed by atoms with E-state index >= 15 is 0 Å². The van der Waals surface area contributed by atoms with E-state index in [2.05, 4.69) is 5.10 Å². The fraction of sp³-hybridized carbons (Fsp3) is 0.333. The lowest BCUT2D eigenvalue weighted by atomic mass is 10.1. The number of carbonyl (C=O) groups is 1. The molecule has 0 bridgehead atoms. The number of carbonyl (C=O) groups excluding carboxylic acids is 1. The summed E-state index contributed by atoms with van der Waals surface area (Å²) in [6.45, 7) is 3.86. The molecule has 0 saturated carbocycles. The van der Waals surface area contributed by atoms with Crippen LogP contribution in [0.4, 0.5) is 0 Å². The minimum atomic E-state index is -0.0458. The Hall–Kier alpha value is -1.81. The lowest BCUT2D eigenvalue weighted by molar-refractivity contribution is 0.0731. The van der Waals surface area contributed by atoms with E-state index in [-0.39, 0.29) is 11.9 Å². The summed E-state index contributed by atoms with van der Waals surface area (Å²) < 4.78 is 1.61. The van der Waals surface area contributed by atoms with Crippen molar-refractivity contribution in [2.45, 2.75) is 19.9 Å². The van der Waals surface area contributed by atoms with Gasteiger partial charge in [-0.15, -0.1) is 0 Å². The first-order chi connectivity index (χ1) is 9.40. The van der Waals surface area contributed by atoms with Gasteiger partial charge in [0.05, 0.1) is 11.7 Å². The van der Waals surface area contributed by atoms with Gasteiger partial charge in [0.25, 0.3) is 5.91 Å². The lowest BCUT2D eigenvalue weighted by Gasteiger charge is -2.25. The van der Waals surface area contributed by atoms with Crippen molar-refractivity contribution in [1.29, 1.82) is 0 Å². The van der Waals surface area contributed by atoms with Crippen LogP contribution in [-0.2, 0) is 7.05 Å². The van der Waals surface area contributed by atoms with Crippen LogP contribution in [0.5, 0.6) is 0 Å². The minimum Gasteiger partial charge on any atom is -0.334 e. The van der Waals surface area contributed by atoms with Gasteiger partial charge in [-0.1, -0.05) is 23.7 Å². The first kappa shape index (κ1) is 14.6. The van der Waals surface area contributed by atoms with Gasteiger partial charge < -0.3 is 4.90 Å². The molecule has 0 spiro atoms. The van der Waals surface area contributed by atoms with E-state index in [1.165, 1.54) is 0 Å². The van der Waals surface area contributed by atoms with E-state index < -0.39 is 0 Å². The van der Waals surface area contributed by atoms with Gasteiger partial charge in [0, 0.05) is 19.1 Å². The molecule has 0 radical (unpaired) electrons.